The molecule has 0 aromatic heterocycles. The molecule has 1 saturated carbocycles. The van der Waals surface area contributed by atoms with Gasteiger partial charge in [-0.3, -0.25) is 9.69 Å². The van der Waals surface area contributed by atoms with Gasteiger partial charge < -0.3 is 15.7 Å². The summed E-state index contributed by atoms with van der Waals surface area (Å²) in [6, 6.07) is 10.8. The van der Waals surface area contributed by atoms with E-state index >= 15 is 0 Å². The van der Waals surface area contributed by atoms with E-state index in [2.05, 4.69) is 39.8 Å². The van der Waals surface area contributed by atoms with E-state index < -0.39 is 5.97 Å². The number of nitrogens with zero attached hydrogens (tertiary/aromatic N) is 1. The van der Waals surface area contributed by atoms with Crippen molar-refractivity contribution < 1.29 is 14.7 Å². The van der Waals surface area contributed by atoms with Gasteiger partial charge >= 0.3 is 12.0 Å². The summed E-state index contributed by atoms with van der Waals surface area (Å²) in [6.07, 6.45) is 6.31. The predicted octanol–water partition coefficient (Wildman–Crippen LogP) is 2.98. The van der Waals surface area contributed by atoms with E-state index in [1.54, 1.807) is 0 Å². The number of carbonyl (C=O) groups excluding carboxylic acids is 1. The van der Waals surface area contributed by atoms with Crippen LogP contribution in [0.2, 0.25) is 0 Å². The Kier molecular flexibility index (Phi) is 7.10. The van der Waals surface area contributed by atoms with E-state index in [4.69, 9.17) is 5.11 Å². The van der Waals surface area contributed by atoms with Gasteiger partial charge in [-0.25, -0.2) is 4.79 Å². The molecule has 3 rings (SSSR count). The van der Waals surface area contributed by atoms with Crippen molar-refractivity contribution in [2.75, 3.05) is 13.1 Å². The zero-order valence-electron chi connectivity index (χ0n) is 15.9. The fourth-order valence-corrected chi connectivity index (χ4v) is 4.25. The van der Waals surface area contributed by atoms with Gasteiger partial charge in [-0.1, -0.05) is 36.8 Å². The highest BCUT2D eigenvalue weighted by atomic mass is 16.4. The Morgan fingerprint density at radius 3 is 2.48 bits per heavy atom. The van der Waals surface area contributed by atoms with Crippen molar-refractivity contribution in [1.82, 2.24) is 15.5 Å². The van der Waals surface area contributed by atoms with Crippen molar-refractivity contribution in [3.8, 4) is 0 Å². The maximum atomic E-state index is 12.3. The van der Waals surface area contributed by atoms with Crippen molar-refractivity contribution >= 4 is 12.0 Å². The highest BCUT2D eigenvalue weighted by molar-refractivity contribution is 5.74. The van der Waals surface area contributed by atoms with Gasteiger partial charge in [-0.15, -0.1) is 0 Å². The fourth-order valence-electron chi connectivity index (χ4n) is 4.25. The van der Waals surface area contributed by atoms with Crippen LogP contribution in [0.4, 0.5) is 4.79 Å². The third-order valence-electron chi connectivity index (χ3n) is 5.89. The summed E-state index contributed by atoms with van der Waals surface area (Å²) in [5, 5.41) is 15.1. The molecule has 148 valence electrons. The van der Waals surface area contributed by atoms with Crippen LogP contribution >= 0.6 is 0 Å². The molecule has 0 spiro atoms. The minimum absolute atomic E-state index is 0.0902. The number of likely N-dealkylation sites (tertiary alicyclic amines) is 1. The lowest BCUT2D eigenvalue weighted by molar-refractivity contribution is -0.142. The number of amides is 2. The number of carboxylic acid groups (broad SMARTS) is 1. The number of benzene rings is 1. The largest absolute Gasteiger partial charge is 0.481 e. The second kappa shape index (κ2) is 9.74. The average Bonchev–Trinajstić information content (AvgIpc) is 2.68. The van der Waals surface area contributed by atoms with Gasteiger partial charge in [0.15, 0.2) is 0 Å². The summed E-state index contributed by atoms with van der Waals surface area (Å²) >= 11 is 0. The van der Waals surface area contributed by atoms with Crippen LogP contribution in [0.15, 0.2) is 30.3 Å². The second-order valence-corrected chi connectivity index (χ2v) is 7.85. The first-order valence-electron chi connectivity index (χ1n) is 10.2. The summed E-state index contributed by atoms with van der Waals surface area (Å²) in [4.78, 5) is 25.8. The molecule has 2 amide bonds. The first-order valence-corrected chi connectivity index (χ1v) is 10.2. The monoisotopic (exact) mass is 373 g/mol. The molecule has 3 N–H and O–H groups in total. The number of rotatable bonds is 6. The number of piperidine rings is 1. The number of hydrogen-bond acceptors (Lipinski definition) is 3. The SMILES string of the molecule is O=C(NCC1CCCCN1Cc1ccccc1)NC1CCC(C(=O)O)CC1. The van der Waals surface area contributed by atoms with Crippen LogP contribution < -0.4 is 10.6 Å². The van der Waals surface area contributed by atoms with E-state index in [-0.39, 0.29) is 18.0 Å². The Bertz CT molecular complexity index is 614. The lowest BCUT2D eigenvalue weighted by Crippen LogP contribution is -2.50. The van der Waals surface area contributed by atoms with Gasteiger partial charge in [0, 0.05) is 25.2 Å². The lowest BCUT2D eigenvalue weighted by atomic mass is 9.86. The average molecular weight is 373 g/mol. The van der Waals surface area contributed by atoms with Crippen LogP contribution in [0.1, 0.15) is 50.5 Å². The van der Waals surface area contributed by atoms with Crippen LogP contribution in [0.3, 0.4) is 0 Å². The van der Waals surface area contributed by atoms with Crippen LogP contribution in [0.25, 0.3) is 0 Å². The molecule has 2 aliphatic rings. The molecular formula is C21H31N3O3. The van der Waals surface area contributed by atoms with Crippen LogP contribution in [-0.2, 0) is 11.3 Å². The molecule has 1 aromatic carbocycles. The quantitative estimate of drug-likeness (QED) is 0.716. The predicted molar refractivity (Wildman–Crippen MR) is 104 cm³/mol. The molecule has 1 aliphatic heterocycles. The summed E-state index contributed by atoms with van der Waals surface area (Å²) < 4.78 is 0. The Morgan fingerprint density at radius 1 is 1.04 bits per heavy atom. The second-order valence-electron chi connectivity index (χ2n) is 7.85. The van der Waals surface area contributed by atoms with E-state index in [0.717, 1.165) is 32.4 Å². The van der Waals surface area contributed by atoms with Crippen molar-refractivity contribution in [2.45, 2.75) is 63.6 Å². The molecule has 0 radical (unpaired) electrons. The molecule has 6 heteroatoms. The number of nitrogens with one attached hydrogen (secondary N) is 2. The van der Waals surface area contributed by atoms with Crippen molar-refractivity contribution in [1.29, 1.82) is 0 Å². The van der Waals surface area contributed by atoms with Gasteiger partial charge in [-0.2, -0.15) is 0 Å². The normalized spacial score (nSPS) is 26.3. The highest BCUT2D eigenvalue weighted by Gasteiger charge is 2.27. The molecule has 1 saturated heterocycles. The molecule has 0 bridgehead atoms. The van der Waals surface area contributed by atoms with Gasteiger partial charge in [0.2, 0.25) is 0 Å². The van der Waals surface area contributed by atoms with Gasteiger partial charge in [0.25, 0.3) is 0 Å². The summed E-state index contributed by atoms with van der Waals surface area (Å²) in [5.74, 6) is -0.964. The Hall–Kier alpha value is -2.08. The molecule has 1 aromatic rings. The Balaban J connectivity index is 1.42. The van der Waals surface area contributed by atoms with Crippen molar-refractivity contribution in [3.05, 3.63) is 35.9 Å². The first kappa shape index (κ1) is 19.7. The van der Waals surface area contributed by atoms with E-state index in [1.165, 1.54) is 18.4 Å². The molecule has 27 heavy (non-hydrogen) atoms. The van der Waals surface area contributed by atoms with Crippen LogP contribution in [-0.4, -0.2) is 47.2 Å². The highest BCUT2D eigenvalue weighted by Crippen LogP contribution is 2.24. The topological polar surface area (TPSA) is 81.7 Å². The number of urea groups is 1. The zero-order valence-corrected chi connectivity index (χ0v) is 15.9. The van der Waals surface area contributed by atoms with Gasteiger partial charge in [0.05, 0.1) is 5.92 Å². The minimum atomic E-state index is -0.714. The number of aliphatic carboxylic acids is 1. The fraction of sp³-hybridized carbons (Fsp3) is 0.619. The molecular weight excluding hydrogens is 342 g/mol. The standard InChI is InChI=1S/C21H31N3O3/c25-20(26)17-9-11-18(12-10-17)23-21(27)22-14-19-8-4-5-13-24(19)15-16-6-2-1-3-7-16/h1-3,6-7,17-19H,4-5,8-15H2,(H,25,26)(H2,22,23,27). The maximum absolute atomic E-state index is 12.3. The maximum Gasteiger partial charge on any atom is 0.315 e. The van der Waals surface area contributed by atoms with Crippen molar-refractivity contribution in [2.24, 2.45) is 5.92 Å². The van der Waals surface area contributed by atoms with E-state index in [1.807, 2.05) is 6.07 Å². The molecule has 1 aliphatic carbocycles. The minimum Gasteiger partial charge on any atom is -0.481 e. The molecule has 1 unspecified atom stereocenters. The number of carboxylic acids is 1. The molecule has 6 nitrogen and oxygen atoms in total. The summed E-state index contributed by atoms with van der Waals surface area (Å²) in [5.41, 5.74) is 1.31. The van der Waals surface area contributed by atoms with E-state index in [0.29, 0.717) is 25.4 Å². The van der Waals surface area contributed by atoms with Crippen LogP contribution in [0, 0.1) is 5.92 Å². The zero-order chi connectivity index (χ0) is 19.1. The van der Waals surface area contributed by atoms with Gasteiger partial charge in [-0.05, 0) is 50.6 Å². The number of carbonyl (C=O) groups is 2. The molecule has 1 atom stereocenters. The lowest BCUT2D eigenvalue weighted by Gasteiger charge is -2.36. The third kappa shape index (κ3) is 5.96. The molecule has 2 fully saturated rings. The summed E-state index contributed by atoms with van der Waals surface area (Å²) in [6.45, 7) is 2.65. The number of hydrogen-bond donors (Lipinski definition) is 3. The Labute approximate surface area is 161 Å². The Morgan fingerprint density at radius 2 is 1.78 bits per heavy atom. The molecule has 1 heterocycles. The summed E-state index contributed by atoms with van der Waals surface area (Å²) in [7, 11) is 0. The third-order valence-corrected chi connectivity index (χ3v) is 5.89. The smallest absolute Gasteiger partial charge is 0.315 e. The van der Waals surface area contributed by atoms with Gasteiger partial charge in [0.1, 0.15) is 0 Å². The first-order chi connectivity index (χ1) is 13.1. The van der Waals surface area contributed by atoms with Crippen molar-refractivity contribution in [3.63, 3.8) is 0 Å². The van der Waals surface area contributed by atoms with E-state index in [9.17, 15) is 9.59 Å². The van der Waals surface area contributed by atoms with Crippen LogP contribution in [0.5, 0.6) is 0 Å².